The van der Waals surface area contributed by atoms with E-state index in [4.69, 9.17) is 11.6 Å². The van der Waals surface area contributed by atoms with Crippen LogP contribution in [-0.2, 0) is 0 Å². The molecule has 0 aliphatic rings. The zero-order chi connectivity index (χ0) is 12.3. The minimum Gasteiger partial charge on any atom is -0.297 e. The molecule has 2 aromatic carbocycles. The predicted molar refractivity (Wildman–Crippen MR) is 72.7 cm³/mol. The van der Waals surface area contributed by atoms with E-state index in [9.17, 15) is 4.79 Å². The molecule has 18 heavy (non-hydrogen) atoms. The van der Waals surface area contributed by atoms with Crippen molar-refractivity contribution in [3.05, 3.63) is 58.0 Å². The molecule has 0 bridgehead atoms. The van der Waals surface area contributed by atoms with E-state index in [1.807, 2.05) is 34.7 Å². The number of hydrogen-bond acceptors (Lipinski definition) is 2. The summed E-state index contributed by atoms with van der Waals surface area (Å²) in [5.41, 5.74) is 2.41. The summed E-state index contributed by atoms with van der Waals surface area (Å²) in [6, 6.07) is 11.1. The summed E-state index contributed by atoms with van der Waals surface area (Å²) in [5.74, 6) is 0. The van der Waals surface area contributed by atoms with Gasteiger partial charge in [0.15, 0.2) is 5.43 Å². The average molecular weight is 255 g/mol. The van der Waals surface area contributed by atoms with Crippen molar-refractivity contribution < 1.29 is 0 Å². The summed E-state index contributed by atoms with van der Waals surface area (Å²) in [5, 5.41) is 1.69. The third kappa shape index (κ3) is 1.05. The van der Waals surface area contributed by atoms with Crippen LogP contribution in [0.2, 0.25) is 5.02 Å². The van der Waals surface area contributed by atoms with Crippen LogP contribution in [0.4, 0.5) is 0 Å². The van der Waals surface area contributed by atoms with Crippen molar-refractivity contribution in [2.75, 3.05) is 0 Å². The molecule has 0 amide bonds. The van der Waals surface area contributed by atoms with Gasteiger partial charge in [-0.3, -0.25) is 9.20 Å². The molecule has 4 aromatic rings. The summed E-state index contributed by atoms with van der Waals surface area (Å²) in [7, 11) is 0. The second-order valence-corrected chi connectivity index (χ2v) is 4.66. The van der Waals surface area contributed by atoms with E-state index in [1.54, 1.807) is 12.4 Å². The zero-order valence-corrected chi connectivity index (χ0v) is 9.98. The molecule has 0 unspecified atom stereocenters. The molecule has 0 N–H and O–H groups in total. The molecule has 2 heterocycles. The minimum absolute atomic E-state index is 0.0331. The molecule has 3 nitrogen and oxygen atoms in total. The molecule has 0 fully saturated rings. The Morgan fingerprint density at radius 3 is 2.83 bits per heavy atom. The summed E-state index contributed by atoms with van der Waals surface area (Å²) in [6.07, 6.45) is 1.73. The molecule has 86 valence electrons. The van der Waals surface area contributed by atoms with Gasteiger partial charge in [-0.15, -0.1) is 0 Å². The van der Waals surface area contributed by atoms with Crippen LogP contribution in [0.15, 0.2) is 47.5 Å². The predicted octanol–water partition coefficient (Wildman–Crippen LogP) is 3.09. The third-order valence-electron chi connectivity index (χ3n) is 3.29. The lowest BCUT2D eigenvalue weighted by Gasteiger charge is -2.05. The van der Waals surface area contributed by atoms with Gasteiger partial charge in [0.25, 0.3) is 0 Å². The van der Waals surface area contributed by atoms with E-state index in [1.165, 1.54) is 0 Å². The van der Waals surface area contributed by atoms with Gasteiger partial charge < -0.3 is 0 Å². The number of imidazole rings is 1. The van der Waals surface area contributed by atoms with E-state index in [0.29, 0.717) is 15.8 Å². The van der Waals surface area contributed by atoms with Crippen LogP contribution in [0.3, 0.4) is 0 Å². The molecule has 0 spiro atoms. The molecular weight excluding hydrogens is 248 g/mol. The first-order valence-electron chi connectivity index (χ1n) is 5.57. The van der Waals surface area contributed by atoms with Crippen LogP contribution in [0, 0.1) is 0 Å². The van der Waals surface area contributed by atoms with E-state index >= 15 is 0 Å². The number of aromatic nitrogens is 2. The van der Waals surface area contributed by atoms with Crippen molar-refractivity contribution in [2.24, 2.45) is 0 Å². The lowest BCUT2D eigenvalue weighted by Crippen LogP contribution is -2.06. The van der Waals surface area contributed by atoms with Crippen molar-refractivity contribution >= 4 is 38.9 Å². The highest BCUT2D eigenvalue weighted by Crippen LogP contribution is 2.27. The van der Waals surface area contributed by atoms with Crippen molar-refractivity contribution in [2.45, 2.75) is 0 Å². The number of para-hydroxylation sites is 1. The van der Waals surface area contributed by atoms with E-state index in [-0.39, 0.29) is 5.43 Å². The van der Waals surface area contributed by atoms with Crippen molar-refractivity contribution in [1.29, 1.82) is 0 Å². The molecule has 0 saturated heterocycles. The fourth-order valence-electron chi connectivity index (χ4n) is 2.49. The first-order chi connectivity index (χ1) is 8.77. The molecule has 4 heteroatoms. The van der Waals surface area contributed by atoms with Gasteiger partial charge in [-0.25, -0.2) is 4.98 Å². The van der Waals surface area contributed by atoms with Gasteiger partial charge in [0.05, 0.1) is 27.0 Å². The van der Waals surface area contributed by atoms with Crippen molar-refractivity contribution in [3.8, 4) is 0 Å². The first-order valence-corrected chi connectivity index (χ1v) is 5.95. The van der Waals surface area contributed by atoms with Gasteiger partial charge in [-0.05, 0) is 24.3 Å². The van der Waals surface area contributed by atoms with Crippen LogP contribution < -0.4 is 5.43 Å². The molecule has 4 rings (SSSR count). The Hall–Kier alpha value is -2.13. The molecule has 0 atom stereocenters. The van der Waals surface area contributed by atoms with Crippen LogP contribution in [0.25, 0.3) is 27.3 Å². The Bertz CT molecular complexity index is 958. The Morgan fingerprint density at radius 1 is 1.11 bits per heavy atom. The maximum atomic E-state index is 12.5. The SMILES string of the molecule is O=c1c2ccccc2n2cnc3ccc(Cl)c1c32. The van der Waals surface area contributed by atoms with E-state index in [2.05, 4.69) is 4.98 Å². The summed E-state index contributed by atoms with van der Waals surface area (Å²) < 4.78 is 1.92. The van der Waals surface area contributed by atoms with Crippen molar-refractivity contribution in [3.63, 3.8) is 0 Å². The van der Waals surface area contributed by atoms with Crippen LogP contribution in [-0.4, -0.2) is 9.38 Å². The highest BCUT2D eigenvalue weighted by Gasteiger charge is 2.14. The van der Waals surface area contributed by atoms with Crippen LogP contribution >= 0.6 is 11.6 Å². The Labute approximate surface area is 107 Å². The molecular formula is C14H7ClN2O. The van der Waals surface area contributed by atoms with Crippen molar-refractivity contribution in [1.82, 2.24) is 9.38 Å². The number of nitrogens with zero attached hydrogens (tertiary/aromatic N) is 2. The number of benzene rings is 2. The highest BCUT2D eigenvalue weighted by molar-refractivity contribution is 6.36. The fourth-order valence-corrected chi connectivity index (χ4v) is 2.73. The standard InChI is InChI=1S/C14H7ClN2O/c15-9-5-6-10-13-12(9)14(18)8-3-1-2-4-11(8)17(13)7-16-10/h1-7H. The fraction of sp³-hybridized carbons (Fsp3) is 0. The second kappa shape index (κ2) is 3.21. The largest absolute Gasteiger partial charge is 0.297 e. The quantitative estimate of drug-likeness (QED) is 0.452. The highest BCUT2D eigenvalue weighted by atomic mass is 35.5. The molecule has 2 aromatic heterocycles. The first kappa shape index (κ1) is 9.85. The lowest BCUT2D eigenvalue weighted by molar-refractivity contribution is 1.22. The molecule has 0 aliphatic heterocycles. The van der Waals surface area contributed by atoms with E-state index < -0.39 is 0 Å². The van der Waals surface area contributed by atoms with Gasteiger partial charge in [-0.2, -0.15) is 0 Å². The van der Waals surface area contributed by atoms with Gasteiger partial charge in [0.1, 0.15) is 6.33 Å². The normalized spacial score (nSPS) is 11.8. The zero-order valence-electron chi connectivity index (χ0n) is 9.22. The number of halogens is 1. The van der Waals surface area contributed by atoms with Gasteiger partial charge >= 0.3 is 0 Å². The summed E-state index contributed by atoms with van der Waals surface area (Å²) in [4.78, 5) is 16.8. The number of hydrogen-bond donors (Lipinski definition) is 0. The minimum atomic E-state index is -0.0331. The summed E-state index contributed by atoms with van der Waals surface area (Å²) >= 11 is 6.17. The smallest absolute Gasteiger partial charge is 0.198 e. The van der Waals surface area contributed by atoms with Gasteiger partial charge in [0.2, 0.25) is 0 Å². The second-order valence-electron chi connectivity index (χ2n) is 4.25. The Kier molecular flexibility index (Phi) is 1.76. The number of fused-ring (bicyclic) bond motifs is 2. The number of pyridine rings is 1. The third-order valence-corrected chi connectivity index (χ3v) is 3.61. The Morgan fingerprint density at radius 2 is 1.94 bits per heavy atom. The average Bonchev–Trinajstić information content (AvgIpc) is 2.82. The maximum absolute atomic E-state index is 12.5. The maximum Gasteiger partial charge on any atom is 0.198 e. The van der Waals surface area contributed by atoms with Crippen LogP contribution in [0.1, 0.15) is 0 Å². The molecule has 0 radical (unpaired) electrons. The molecule has 0 aliphatic carbocycles. The lowest BCUT2D eigenvalue weighted by atomic mass is 10.1. The summed E-state index contributed by atoms with van der Waals surface area (Å²) in [6.45, 7) is 0. The monoisotopic (exact) mass is 254 g/mol. The number of rotatable bonds is 0. The van der Waals surface area contributed by atoms with Crippen LogP contribution in [0.5, 0.6) is 0 Å². The topological polar surface area (TPSA) is 34.4 Å². The van der Waals surface area contributed by atoms with Gasteiger partial charge in [0, 0.05) is 5.39 Å². The van der Waals surface area contributed by atoms with Gasteiger partial charge in [-0.1, -0.05) is 23.7 Å². The van der Waals surface area contributed by atoms with E-state index in [0.717, 1.165) is 16.6 Å². The molecule has 0 saturated carbocycles. The Balaban J connectivity index is 2.53.